The molecule has 0 aliphatic carbocycles. The average Bonchev–Trinajstić information content (AvgIpc) is 3.24. The predicted molar refractivity (Wildman–Crippen MR) is 123 cm³/mol. The van der Waals surface area contributed by atoms with Gasteiger partial charge in [0.2, 0.25) is 5.91 Å². The van der Waals surface area contributed by atoms with Gasteiger partial charge in [0.25, 0.3) is 0 Å². The Morgan fingerprint density at radius 2 is 2.06 bits per heavy atom. The normalized spacial score (nSPS) is 15.1. The number of hydrogen-bond donors (Lipinski definition) is 2. The summed E-state index contributed by atoms with van der Waals surface area (Å²) in [6.45, 7) is 5.28. The third-order valence-corrected chi connectivity index (χ3v) is 6.01. The molecule has 0 saturated carbocycles. The van der Waals surface area contributed by atoms with Gasteiger partial charge < -0.3 is 19.8 Å². The van der Waals surface area contributed by atoms with Gasteiger partial charge >= 0.3 is 0 Å². The molecule has 170 valence electrons. The number of amides is 1. The van der Waals surface area contributed by atoms with Crippen LogP contribution in [-0.4, -0.2) is 48.1 Å². The van der Waals surface area contributed by atoms with Crippen molar-refractivity contribution in [1.82, 2.24) is 14.9 Å². The van der Waals surface area contributed by atoms with Crippen molar-refractivity contribution in [2.45, 2.75) is 58.4 Å². The first-order chi connectivity index (χ1) is 15.1. The summed E-state index contributed by atoms with van der Waals surface area (Å²) in [6, 6.07) is 5.41. The molecule has 1 aliphatic rings. The molecule has 1 saturated heterocycles. The van der Waals surface area contributed by atoms with Crippen molar-refractivity contribution in [2.24, 2.45) is 5.92 Å². The maximum absolute atomic E-state index is 12.4. The van der Waals surface area contributed by atoms with Crippen LogP contribution in [0, 0.1) is 5.92 Å². The number of nitrogens with zero attached hydrogens (tertiary/aromatic N) is 2. The highest BCUT2D eigenvalue weighted by Crippen LogP contribution is 2.29. The molecule has 31 heavy (non-hydrogen) atoms. The summed E-state index contributed by atoms with van der Waals surface area (Å²) in [6.07, 6.45) is 9.10. The van der Waals surface area contributed by atoms with Gasteiger partial charge in [0.15, 0.2) is 0 Å². The first-order valence-electron chi connectivity index (χ1n) is 11.4. The van der Waals surface area contributed by atoms with Crippen molar-refractivity contribution in [1.29, 1.82) is 0 Å². The summed E-state index contributed by atoms with van der Waals surface area (Å²) >= 11 is 0. The Kier molecular flexibility index (Phi) is 8.76. The van der Waals surface area contributed by atoms with E-state index in [1.165, 1.54) is 18.5 Å². The lowest BCUT2D eigenvalue weighted by Crippen LogP contribution is -2.33. The molecule has 7 nitrogen and oxygen atoms in total. The minimum Gasteiger partial charge on any atom is -0.497 e. The van der Waals surface area contributed by atoms with Crippen molar-refractivity contribution in [3.8, 4) is 11.5 Å². The summed E-state index contributed by atoms with van der Waals surface area (Å²) in [5.41, 5.74) is 1.89. The van der Waals surface area contributed by atoms with Crippen LogP contribution in [0.5, 0.6) is 11.5 Å². The zero-order chi connectivity index (χ0) is 22.1. The van der Waals surface area contributed by atoms with Crippen LogP contribution < -0.4 is 14.8 Å². The highest BCUT2D eigenvalue weighted by molar-refractivity contribution is 5.92. The topological polar surface area (TPSA) is 79.5 Å². The Bertz CT molecular complexity index is 828. The number of aromatic nitrogens is 2. The molecule has 2 heterocycles. The number of piperidine rings is 1. The van der Waals surface area contributed by atoms with Crippen LogP contribution in [0.2, 0.25) is 0 Å². The number of ether oxygens (including phenoxy) is 2. The third kappa shape index (κ3) is 6.99. The van der Waals surface area contributed by atoms with Crippen molar-refractivity contribution < 1.29 is 14.3 Å². The molecule has 1 aromatic carbocycles. The summed E-state index contributed by atoms with van der Waals surface area (Å²) < 4.78 is 10.6. The van der Waals surface area contributed by atoms with E-state index in [2.05, 4.69) is 27.1 Å². The van der Waals surface area contributed by atoms with Gasteiger partial charge in [0.1, 0.15) is 17.3 Å². The van der Waals surface area contributed by atoms with Crippen molar-refractivity contribution in [2.75, 3.05) is 32.6 Å². The molecule has 7 heteroatoms. The van der Waals surface area contributed by atoms with Gasteiger partial charge in [-0.1, -0.05) is 13.3 Å². The third-order valence-electron chi connectivity index (χ3n) is 6.01. The van der Waals surface area contributed by atoms with Crippen LogP contribution >= 0.6 is 0 Å². The Hall–Kier alpha value is -2.54. The van der Waals surface area contributed by atoms with Crippen LogP contribution in [0.15, 0.2) is 24.4 Å². The number of carbonyl (C=O) groups is 1. The molecule has 1 aliphatic heterocycles. The molecular formula is C24H36N4O3. The Labute approximate surface area is 185 Å². The lowest BCUT2D eigenvalue weighted by molar-refractivity contribution is -0.116. The number of hydrogen-bond acceptors (Lipinski definition) is 5. The molecule has 2 N–H and O–H groups in total. The first kappa shape index (κ1) is 23.1. The molecule has 2 aromatic rings. The predicted octanol–water partition coefficient (Wildman–Crippen LogP) is 4.40. The smallest absolute Gasteiger partial charge is 0.224 e. The van der Waals surface area contributed by atoms with E-state index in [-0.39, 0.29) is 5.91 Å². The van der Waals surface area contributed by atoms with Crippen LogP contribution in [0.1, 0.15) is 57.0 Å². The molecular weight excluding hydrogens is 392 g/mol. The number of benzene rings is 1. The molecule has 0 atom stereocenters. The number of likely N-dealkylation sites (tertiary alicyclic amines) is 1. The number of H-pyrrole nitrogens is 1. The monoisotopic (exact) mass is 428 g/mol. The summed E-state index contributed by atoms with van der Waals surface area (Å²) in [7, 11) is 3.20. The van der Waals surface area contributed by atoms with E-state index in [1.807, 2.05) is 18.3 Å². The fourth-order valence-corrected chi connectivity index (χ4v) is 4.08. The van der Waals surface area contributed by atoms with Crippen molar-refractivity contribution in [3.05, 3.63) is 35.9 Å². The molecule has 0 spiro atoms. The zero-order valence-electron chi connectivity index (χ0n) is 19.1. The van der Waals surface area contributed by atoms with E-state index < -0.39 is 0 Å². The second-order valence-corrected chi connectivity index (χ2v) is 8.33. The summed E-state index contributed by atoms with van der Waals surface area (Å²) in [5.74, 6) is 3.04. The van der Waals surface area contributed by atoms with Crippen LogP contribution in [0.25, 0.3) is 0 Å². The van der Waals surface area contributed by atoms with Gasteiger partial charge in [-0.3, -0.25) is 9.69 Å². The minimum atomic E-state index is 0.0305. The van der Waals surface area contributed by atoms with Crippen LogP contribution in [0.3, 0.4) is 0 Å². The molecule has 0 bridgehead atoms. The highest BCUT2D eigenvalue weighted by Gasteiger charge is 2.21. The number of methoxy groups -OCH3 is 2. The number of carbonyl (C=O) groups excluding carboxylic acids is 1. The van der Waals surface area contributed by atoms with Gasteiger partial charge in [-0.05, 0) is 56.8 Å². The number of aryl methyl sites for hydroxylation is 1. The SMILES string of the molecule is CCCCc1ncc(CN2CCC(CCC(=O)Nc3ccc(OC)cc3OC)CC2)[nH]1. The number of anilines is 1. The average molecular weight is 429 g/mol. The van der Waals surface area contributed by atoms with Gasteiger partial charge in [0.05, 0.1) is 19.9 Å². The van der Waals surface area contributed by atoms with Crippen LogP contribution in [-0.2, 0) is 17.8 Å². The number of nitrogens with one attached hydrogen (secondary N) is 2. The van der Waals surface area contributed by atoms with Crippen molar-refractivity contribution >= 4 is 11.6 Å². The quantitative estimate of drug-likeness (QED) is 0.555. The van der Waals surface area contributed by atoms with E-state index >= 15 is 0 Å². The number of aromatic amines is 1. The Morgan fingerprint density at radius 3 is 2.77 bits per heavy atom. The van der Waals surface area contributed by atoms with E-state index in [0.29, 0.717) is 29.5 Å². The van der Waals surface area contributed by atoms with Gasteiger partial charge in [-0.25, -0.2) is 4.98 Å². The van der Waals surface area contributed by atoms with Crippen LogP contribution in [0.4, 0.5) is 5.69 Å². The second kappa shape index (κ2) is 11.7. The van der Waals surface area contributed by atoms with Crippen molar-refractivity contribution in [3.63, 3.8) is 0 Å². The number of imidazole rings is 1. The molecule has 1 amide bonds. The highest BCUT2D eigenvalue weighted by atomic mass is 16.5. The van der Waals surface area contributed by atoms with Gasteiger partial charge in [-0.2, -0.15) is 0 Å². The minimum absolute atomic E-state index is 0.0305. The van der Waals surface area contributed by atoms with E-state index in [9.17, 15) is 4.79 Å². The molecule has 0 radical (unpaired) electrons. The van der Waals surface area contributed by atoms with E-state index in [1.54, 1.807) is 20.3 Å². The number of unbranched alkanes of at least 4 members (excludes halogenated alkanes) is 1. The molecule has 1 aromatic heterocycles. The first-order valence-corrected chi connectivity index (χ1v) is 11.4. The van der Waals surface area contributed by atoms with E-state index in [4.69, 9.17) is 9.47 Å². The Balaban J connectivity index is 1.38. The van der Waals surface area contributed by atoms with E-state index in [0.717, 1.165) is 51.1 Å². The molecule has 3 rings (SSSR count). The molecule has 0 unspecified atom stereocenters. The lowest BCUT2D eigenvalue weighted by Gasteiger charge is -2.31. The lowest BCUT2D eigenvalue weighted by atomic mass is 9.92. The standard InChI is InChI=1S/C24H36N4O3/c1-4-5-6-23-25-16-19(26-23)17-28-13-11-18(12-14-28)7-10-24(29)27-21-9-8-20(30-2)15-22(21)31-3/h8-9,15-16,18H,4-7,10-14,17H2,1-3H3,(H,25,26)(H,27,29). The maximum Gasteiger partial charge on any atom is 0.224 e. The summed E-state index contributed by atoms with van der Waals surface area (Å²) in [5, 5.41) is 2.97. The zero-order valence-corrected chi connectivity index (χ0v) is 19.1. The molecule has 1 fully saturated rings. The second-order valence-electron chi connectivity index (χ2n) is 8.33. The maximum atomic E-state index is 12.4. The fraction of sp³-hybridized carbons (Fsp3) is 0.583. The number of rotatable bonds is 11. The largest absolute Gasteiger partial charge is 0.497 e. The summed E-state index contributed by atoms with van der Waals surface area (Å²) in [4.78, 5) is 22.9. The van der Waals surface area contributed by atoms with Gasteiger partial charge in [0, 0.05) is 37.3 Å². The Morgan fingerprint density at radius 1 is 1.26 bits per heavy atom. The van der Waals surface area contributed by atoms with Gasteiger partial charge in [-0.15, -0.1) is 0 Å². The fourth-order valence-electron chi connectivity index (χ4n) is 4.08.